The summed E-state index contributed by atoms with van der Waals surface area (Å²) in [5.74, 6) is -0.790. The van der Waals surface area contributed by atoms with Gasteiger partial charge in [-0.25, -0.2) is 0 Å². The van der Waals surface area contributed by atoms with E-state index >= 15 is 0 Å². The van der Waals surface area contributed by atoms with E-state index in [1.165, 1.54) is 0 Å². The fourth-order valence-electron chi connectivity index (χ4n) is 1.52. The minimum absolute atomic E-state index is 0.392. The molecule has 2 fully saturated rings. The van der Waals surface area contributed by atoms with E-state index in [4.69, 9.17) is 28.4 Å². The fourth-order valence-corrected chi connectivity index (χ4v) is 2.13. The summed E-state index contributed by atoms with van der Waals surface area (Å²) < 4.78 is 30.3. The second-order valence-corrected chi connectivity index (χ2v) is 5.49. The smallest absolute Gasteiger partial charge is 0.281 e. The van der Waals surface area contributed by atoms with E-state index in [0.29, 0.717) is 12.2 Å². The lowest BCUT2D eigenvalue weighted by Crippen LogP contribution is -2.35. The monoisotopic (exact) mass is 294 g/mol. The van der Waals surface area contributed by atoms with Gasteiger partial charge in [0.1, 0.15) is 12.2 Å². The van der Waals surface area contributed by atoms with Crippen LogP contribution in [0.25, 0.3) is 0 Å². The molecule has 0 aromatic heterocycles. The summed E-state index contributed by atoms with van der Waals surface area (Å²) in [6, 6.07) is 1.11. The number of rotatable bonds is 9. The first kappa shape index (κ1) is 17.0. The third kappa shape index (κ3) is 7.36. The Morgan fingerprint density at radius 2 is 1.42 bits per heavy atom. The molecule has 2 unspecified atom stereocenters. The van der Waals surface area contributed by atoms with Crippen molar-refractivity contribution >= 4 is 10.2 Å². The van der Waals surface area contributed by atoms with Gasteiger partial charge < -0.3 is 28.4 Å². The van der Waals surface area contributed by atoms with Gasteiger partial charge in [-0.3, -0.25) is 0 Å². The number of ether oxygens (including phenoxy) is 6. The molecule has 0 radical (unpaired) electrons. The largest absolute Gasteiger partial charge is 0.376 e. The first-order chi connectivity index (χ1) is 9.19. The lowest BCUT2D eigenvalue weighted by Gasteiger charge is -2.27. The second-order valence-electron chi connectivity index (χ2n) is 4.49. The molecule has 0 aromatic carbocycles. The molecule has 0 N–H and O–H groups in total. The molecule has 2 heterocycles. The van der Waals surface area contributed by atoms with E-state index in [-0.39, 0.29) is 0 Å². The van der Waals surface area contributed by atoms with Gasteiger partial charge in [0, 0.05) is 38.0 Å². The molecule has 0 spiro atoms. The SMILES string of the molecule is C(OCC1CO1)C1CO1.COC(CC[SiH3])(OC)OC. The predicted octanol–water partition coefficient (Wildman–Crippen LogP) is -0.446. The molecule has 0 amide bonds. The Hall–Kier alpha value is -0.0231. The Morgan fingerprint density at radius 3 is 1.63 bits per heavy atom. The minimum atomic E-state index is -0.790. The molecule has 6 nitrogen and oxygen atoms in total. The van der Waals surface area contributed by atoms with E-state index in [2.05, 4.69) is 0 Å². The van der Waals surface area contributed by atoms with Gasteiger partial charge in [0.25, 0.3) is 5.97 Å². The van der Waals surface area contributed by atoms with Crippen molar-refractivity contribution in [1.82, 2.24) is 0 Å². The van der Waals surface area contributed by atoms with Gasteiger partial charge in [-0.2, -0.15) is 0 Å². The third-order valence-electron chi connectivity index (χ3n) is 2.90. The Kier molecular flexibility index (Phi) is 8.08. The number of methoxy groups -OCH3 is 3. The van der Waals surface area contributed by atoms with Crippen molar-refractivity contribution in [2.45, 2.75) is 30.6 Å². The van der Waals surface area contributed by atoms with Crippen LogP contribution in [-0.4, -0.2) is 76.2 Å². The highest BCUT2D eigenvalue weighted by atomic mass is 28.1. The van der Waals surface area contributed by atoms with Crippen LogP contribution in [0, 0.1) is 0 Å². The average Bonchev–Trinajstić information content (AvgIpc) is 3.31. The van der Waals surface area contributed by atoms with Crippen LogP contribution in [0.4, 0.5) is 0 Å². The maximum atomic E-state index is 5.23. The summed E-state index contributed by atoms with van der Waals surface area (Å²) >= 11 is 0. The molecule has 19 heavy (non-hydrogen) atoms. The molecule has 2 aliphatic rings. The summed E-state index contributed by atoms with van der Waals surface area (Å²) in [5.41, 5.74) is 0. The van der Waals surface area contributed by atoms with E-state index < -0.39 is 5.97 Å². The molecular weight excluding hydrogens is 268 g/mol. The Morgan fingerprint density at radius 1 is 1.00 bits per heavy atom. The van der Waals surface area contributed by atoms with E-state index in [9.17, 15) is 0 Å². The maximum Gasteiger partial charge on any atom is 0.281 e. The van der Waals surface area contributed by atoms with E-state index in [1.807, 2.05) is 0 Å². The lowest BCUT2D eigenvalue weighted by molar-refractivity contribution is -0.352. The molecule has 0 aromatic rings. The number of epoxide rings is 2. The van der Waals surface area contributed by atoms with Crippen LogP contribution in [0.2, 0.25) is 6.04 Å². The number of hydrogen-bond donors (Lipinski definition) is 0. The predicted molar refractivity (Wildman–Crippen MR) is 73.4 cm³/mol. The first-order valence-electron chi connectivity index (χ1n) is 6.66. The van der Waals surface area contributed by atoms with Crippen molar-refractivity contribution in [3.05, 3.63) is 0 Å². The Balaban J connectivity index is 0.000000190. The quantitative estimate of drug-likeness (QED) is 0.326. The van der Waals surface area contributed by atoms with Gasteiger partial charge in [0.05, 0.1) is 26.4 Å². The molecular formula is C12H26O6Si. The fraction of sp³-hybridized carbons (Fsp3) is 1.00. The number of hydrogen-bond acceptors (Lipinski definition) is 6. The van der Waals surface area contributed by atoms with Crippen molar-refractivity contribution in [1.29, 1.82) is 0 Å². The molecule has 0 aliphatic carbocycles. The first-order valence-corrected chi connectivity index (χ1v) is 8.07. The van der Waals surface area contributed by atoms with Crippen LogP contribution in [-0.2, 0) is 28.4 Å². The van der Waals surface area contributed by atoms with Crippen molar-refractivity contribution in [2.75, 3.05) is 47.8 Å². The highest BCUT2D eigenvalue weighted by Gasteiger charge is 2.27. The van der Waals surface area contributed by atoms with Crippen LogP contribution in [0.1, 0.15) is 6.42 Å². The lowest BCUT2D eigenvalue weighted by atomic mass is 10.4. The molecule has 0 saturated carbocycles. The van der Waals surface area contributed by atoms with Crippen LogP contribution in [0.3, 0.4) is 0 Å². The minimum Gasteiger partial charge on any atom is -0.376 e. The summed E-state index contributed by atoms with van der Waals surface area (Å²) in [7, 11) is 5.91. The standard InChI is InChI=1S/C6H16O3Si.C6H10O3/c1-7-6(8-2,9-3)4-5-10;1(5-3-8-5)7-2-6-4-9-6/h4-5H2,1-3,10H3;5-6H,1-4H2. The molecule has 2 atom stereocenters. The highest BCUT2D eigenvalue weighted by molar-refractivity contribution is 6.08. The van der Waals surface area contributed by atoms with Crippen LogP contribution in [0.15, 0.2) is 0 Å². The highest BCUT2D eigenvalue weighted by Crippen LogP contribution is 2.17. The van der Waals surface area contributed by atoms with Crippen molar-refractivity contribution in [3.63, 3.8) is 0 Å². The Labute approximate surface area is 118 Å². The van der Waals surface area contributed by atoms with Gasteiger partial charge >= 0.3 is 0 Å². The zero-order valence-electron chi connectivity index (χ0n) is 12.3. The van der Waals surface area contributed by atoms with Crippen LogP contribution < -0.4 is 0 Å². The van der Waals surface area contributed by atoms with Gasteiger partial charge in [-0.05, 0) is 0 Å². The van der Waals surface area contributed by atoms with Gasteiger partial charge in [0.15, 0.2) is 0 Å². The van der Waals surface area contributed by atoms with Crippen molar-refractivity contribution < 1.29 is 28.4 Å². The topological polar surface area (TPSA) is 62.0 Å². The average molecular weight is 294 g/mol. The van der Waals surface area contributed by atoms with Crippen LogP contribution >= 0.6 is 0 Å². The molecule has 2 saturated heterocycles. The molecule has 2 aliphatic heterocycles. The normalized spacial score (nSPS) is 24.8. The molecule has 7 heteroatoms. The summed E-state index contributed by atoms with van der Waals surface area (Å²) in [5, 5.41) is 0. The van der Waals surface area contributed by atoms with E-state index in [0.717, 1.165) is 49.1 Å². The maximum absolute atomic E-state index is 5.23. The molecule has 0 bridgehead atoms. The summed E-state index contributed by atoms with van der Waals surface area (Å²) in [6.45, 7) is 3.26. The third-order valence-corrected chi connectivity index (χ3v) is 3.40. The van der Waals surface area contributed by atoms with Gasteiger partial charge in [-0.1, -0.05) is 6.04 Å². The Bertz CT molecular complexity index is 208. The summed E-state index contributed by atoms with van der Waals surface area (Å²) in [4.78, 5) is 0. The second kappa shape index (κ2) is 9.01. The van der Waals surface area contributed by atoms with Gasteiger partial charge in [0.2, 0.25) is 0 Å². The molecule has 2 rings (SSSR count). The zero-order chi connectivity index (χ0) is 14.1. The van der Waals surface area contributed by atoms with Crippen molar-refractivity contribution in [2.24, 2.45) is 0 Å². The van der Waals surface area contributed by atoms with E-state index in [1.54, 1.807) is 21.3 Å². The zero-order valence-corrected chi connectivity index (χ0v) is 14.3. The molecule has 114 valence electrons. The van der Waals surface area contributed by atoms with Gasteiger partial charge in [-0.15, -0.1) is 0 Å². The van der Waals surface area contributed by atoms with Crippen molar-refractivity contribution in [3.8, 4) is 0 Å². The van der Waals surface area contributed by atoms with Crippen LogP contribution in [0.5, 0.6) is 0 Å². The summed E-state index contributed by atoms with van der Waals surface area (Å²) in [6.07, 6.45) is 1.59.